The first-order valence-corrected chi connectivity index (χ1v) is 9.00. The fraction of sp³-hybridized carbons (Fsp3) is 0.412. The van der Waals surface area contributed by atoms with Crippen LogP contribution < -0.4 is 10.6 Å². The van der Waals surface area contributed by atoms with Crippen molar-refractivity contribution < 1.29 is 9.21 Å². The number of amides is 1. The summed E-state index contributed by atoms with van der Waals surface area (Å²) in [6.07, 6.45) is 2.76. The topological polar surface area (TPSA) is 67.2 Å². The van der Waals surface area contributed by atoms with Crippen LogP contribution in [0.25, 0.3) is 11.5 Å². The Morgan fingerprint density at radius 1 is 1.21 bits per heavy atom. The number of rotatable bonds is 10. The van der Waals surface area contributed by atoms with E-state index in [4.69, 9.17) is 4.42 Å². The number of nitrogens with zero attached hydrogens (tertiary/aromatic N) is 1. The Bertz CT molecular complexity index is 593. The van der Waals surface area contributed by atoms with Crippen molar-refractivity contribution in [2.45, 2.75) is 19.1 Å². The fourth-order valence-electron chi connectivity index (χ4n) is 1.98. The third-order valence-electron chi connectivity index (χ3n) is 3.11. The number of carbonyl (C=O) groups is 1. The summed E-state index contributed by atoms with van der Waals surface area (Å²) in [7, 11) is 0. The number of thioether (sulfide) groups is 1. The molecule has 1 amide bonds. The van der Waals surface area contributed by atoms with E-state index in [0.29, 0.717) is 23.9 Å². The second kappa shape index (κ2) is 11.9. The highest BCUT2D eigenvalue weighted by atomic mass is 35.5. The van der Waals surface area contributed by atoms with Gasteiger partial charge in [0, 0.05) is 24.4 Å². The molecule has 0 radical (unpaired) electrons. The molecule has 1 aromatic carbocycles. The molecule has 7 heteroatoms. The zero-order chi connectivity index (χ0) is 16.3. The van der Waals surface area contributed by atoms with Crippen molar-refractivity contribution >= 4 is 30.1 Å². The quantitative estimate of drug-likeness (QED) is 0.630. The van der Waals surface area contributed by atoms with Crippen LogP contribution in [0.5, 0.6) is 0 Å². The highest BCUT2D eigenvalue weighted by molar-refractivity contribution is 7.99. The normalized spacial score (nSPS) is 10.2. The van der Waals surface area contributed by atoms with E-state index in [2.05, 4.69) is 22.5 Å². The Kier molecular flexibility index (Phi) is 10.2. The maximum absolute atomic E-state index is 11.7. The molecule has 0 saturated carbocycles. The number of hydrogen-bond donors (Lipinski definition) is 2. The molecule has 0 atom stereocenters. The van der Waals surface area contributed by atoms with Crippen molar-refractivity contribution in [1.29, 1.82) is 0 Å². The van der Waals surface area contributed by atoms with E-state index >= 15 is 0 Å². The second-order valence-electron chi connectivity index (χ2n) is 5.10. The van der Waals surface area contributed by atoms with Crippen molar-refractivity contribution in [3.8, 4) is 11.5 Å². The highest BCUT2D eigenvalue weighted by Gasteiger charge is 2.07. The van der Waals surface area contributed by atoms with Gasteiger partial charge in [0.1, 0.15) is 6.26 Å². The lowest BCUT2D eigenvalue weighted by atomic mass is 10.2. The van der Waals surface area contributed by atoms with E-state index in [1.807, 2.05) is 30.3 Å². The molecule has 0 unspecified atom stereocenters. The van der Waals surface area contributed by atoms with Crippen molar-refractivity contribution in [2.24, 2.45) is 0 Å². The van der Waals surface area contributed by atoms with E-state index in [1.54, 1.807) is 6.26 Å². The van der Waals surface area contributed by atoms with Crippen molar-refractivity contribution in [2.75, 3.05) is 25.4 Å². The minimum atomic E-state index is 0. The highest BCUT2D eigenvalue weighted by Crippen LogP contribution is 2.20. The van der Waals surface area contributed by atoms with Crippen LogP contribution in [-0.2, 0) is 10.5 Å². The molecule has 2 N–H and O–H groups in total. The van der Waals surface area contributed by atoms with Gasteiger partial charge < -0.3 is 15.1 Å². The van der Waals surface area contributed by atoms with Crippen LogP contribution in [0, 0.1) is 0 Å². The van der Waals surface area contributed by atoms with Gasteiger partial charge in [-0.3, -0.25) is 4.79 Å². The molecular formula is C17H24ClN3O2S. The molecule has 0 aliphatic heterocycles. The molecule has 1 aromatic heterocycles. The molecule has 0 spiro atoms. The summed E-state index contributed by atoms with van der Waals surface area (Å²) in [4.78, 5) is 16.1. The molecular weight excluding hydrogens is 346 g/mol. The van der Waals surface area contributed by atoms with Gasteiger partial charge in [0.2, 0.25) is 11.8 Å². The largest absolute Gasteiger partial charge is 0.444 e. The molecule has 2 aromatic rings. The minimum Gasteiger partial charge on any atom is -0.444 e. The third kappa shape index (κ3) is 7.38. The zero-order valence-electron chi connectivity index (χ0n) is 13.8. The molecule has 0 aliphatic rings. The molecule has 5 nitrogen and oxygen atoms in total. The van der Waals surface area contributed by atoms with E-state index < -0.39 is 0 Å². The van der Waals surface area contributed by atoms with Crippen LogP contribution in [0.1, 0.15) is 19.0 Å². The number of halogens is 1. The first-order valence-electron chi connectivity index (χ1n) is 7.84. The van der Waals surface area contributed by atoms with Gasteiger partial charge in [-0.25, -0.2) is 4.98 Å². The summed E-state index contributed by atoms with van der Waals surface area (Å²) in [5.74, 6) is 1.77. The zero-order valence-corrected chi connectivity index (χ0v) is 15.4. The predicted octanol–water partition coefficient (Wildman–Crippen LogP) is 3.11. The summed E-state index contributed by atoms with van der Waals surface area (Å²) >= 11 is 1.54. The number of oxazole rings is 1. The maximum Gasteiger partial charge on any atom is 0.230 e. The van der Waals surface area contributed by atoms with Crippen LogP contribution in [0.3, 0.4) is 0 Å². The van der Waals surface area contributed by atoms with E-state index in [0.717, 1.165) is 30.8 Å². The Morgan fingerprint density at radius 2 is 2.00 bits per heavy atom. The standard InChI is InChI=1S/C17H23N3O2S.ClH/c1-2-8-18-9-10-19-16(21)13-23-12-15-11-22-17(20-15)14-6-4-3-5-7-14;/h3-7,11,18H,2,8-10,12-13H2,1H3,(H,19,21);1H. The van der Waals surface area contributed by atoms with Gasteiger partial charge in [0.05, 0.1) is 11.4 Å². The molecule has 132 valence electrons. The average molecular weight is 370 g/mol. The smallest absolute Gasteiger partial charge is 0.230 e. The molecule has 0 bridgehead atoms. The van der Waals surface area contributed by atoms with Crippen LogP contribution in [-0.4, -0.2) is 36.3 Å². The Morgan fingerprint density at radius 3 is 2.75 bits per heavy atom. The van der Waals surface area contributed by atoms with Crippen molar-refractivity contribution in [3.63, 3.8) is 0 Å². The van der Waals surface area contributed by atoms with Gasteiger partial charge in [0.25, 0.3) is 0 Å². The van der Waals surface area contributed by atoms with Gasteiger partial charge in [-0.05, 0) is 25.1 Å². The monoisotopic (exact) mass is 369 g/mol. The van der Waals surface area contributed by atoms with Gasteiger partial charge in [-0.15, -0.1) is 24.2 Å². The third-order valence-corrected chi connectivity index (χ3v) is 4.07. The minimum absolute atomic E-state index is 0. The van der Waals surface area contributed by atoms with E-state index in [1.165, 1.54) is 11.8 Å². The predicted molar refractivity (Wildman–Crippen MR) is 102 cm³/mol. The lowest BCUT2D eigenvalue weighted by Gasteiger charge is -2.05. The SMILES string of the molecule is CCCNCCNC(=O)CSCc1coc(-c2ccccc2)n1.Cl. The average Bonchev–Trinajstić information content (AvgIpc) is 3.04. The maximum atomic E-state index is 11.7. The number of hydrogen-bond acceptors (Lipinski definition) is 5. The summed E-state index contributed by atoms with van der Waals surface area (Å²) in [6.45, 7) is 4.59. The van der Waals surface area contributed by atoms with Crippen molar-refractivity contribution in [3.05, 3.63) is 42.3 Å². The lowest BCUT2D eigenvalue weighted by Crippen LogP contribution is -2.33. The summed E-state index contributed by atoms with van der Waals surface area (Å²) in [6, 6.07) is 9.78. The van der Waals surface area contributed by atoms with Gasteiger partial charge >= 0.3 is 0 Å². The number of benzene rings is 1. The molecule has 2 rings (SSSR count). The fourth-order valence-corrected chi connectivity index (χ4v) is 2.71. The van der Waals surface area contributed by atoms with Crippen LogP contribution in [0.15, 0.2) is 41.0 Å². The van der Waals surface area contributed by atoms with Crippen LogP contribution >= 0.6 is 24.2 Å². The Hall–Kier alpha value is -1.50. The second-order valence-corrected chi connectivity index (χ2v) is 6.09. The summed E-state index contributed by atoms with van der Waals surface area (Å²) < 4.78 is 5.48. The molecule has 1 heterocycles. The Labute approximate surface area is 153 Å². The van der Waals surface area contributed by atoms with Gasteiger partial charge in [-0.1, -0.05) is 25.1 Å². The van der Waals surface area contributed by atoms with Crippen molar-refractivity contribution in [1.82, 2.24) is 15.6 Å². The van der Waals surface area contributed by atoms with E-state index in [9.17, 15) is 4.79 Å². The van der Waals surface area contributed by atoms with Crippen LogP contribution in [0.4, 0.5) is 0 Å². The number of aromatic nitrogens is 1. The molecule has 24 heavy (non-hydrogen) atoms. The van der Waals surface area contributed by atoms with Crippen LogP contribution in [0.2, 0.25) is 0 Å². The number of carbonyl (C=O) groups excluding carboxylic acids is 1. The first kappa shape index (κ1) is 20.5. The summed E-state index contributed by atoms with van der Waals surface area (Å²) in [5, 5.41) is 6.14. The number of nitrogens with one attached hydrogen (secondary N) is 2. The lowest BCUT2D eigenvalue weighted by molar-refractivity contribution is -0.118. The first-order chi connectivity index (χ1) is 11.3. The molecule has 0 aliphatic carbocycles. The summed E-state index contributed by atoms with van der Waals surface area (Å²) in [5.41, 5.74) is 1.81. The van der Waals surface area contributed by atoms with Gasteiger partial charge in [-0.2, -0.15) is 0 Å². The Balaban J connectivity index is 0.00000288. The van der Waals surface area contributed by atoms with E-state index in [-0.39, 0.29) is 18.3 Å². The van der Waals surface area contributed by atoms with Gasteiger partial charge in [0.15, 0.2) is 0 Å². The molecule has 0 saturated heterocycles. The molecule has 0 fully saturated rings.